The van der Waals surface area contributed by atoms with Crippen molar-refractivity contribution in [2.45, 2.75) is 182 Å². The summed E-state index contributed by atoms with van der Waals surface area (Å²) in [5.74, 6) is 3.51. The van der Waals surface area contributed by atoms with Crippen LogP contribution in [-0.2, 0) is 0 Å². The molecule has 0 unspecified atom stereocenters. The molecular weight excluding hydrogens is 1140 g/mol. The average molecular weight is 1250 g/mol. The van der Waals surface area contributed by atoms with Crippen molar-refractivity contribution >= 4 is 113 Å². The van der Waals surface area contributed by atoms with E-state index < -0.39 is 0 Å². The van der Waals surface area contributed by atoms with Crippen LogP contribution in [-0.4, -0.2) is 26.4 Å². The predicted octanol–water partition coefficient (Wildman–Crippen LogP) is 27.1. The number of unbranched alkanes of at least 4 members (excludes halogenated alkanes) is 20. The van der Waals surface area contributed by atoms with Gasteiger partial charge in [-0.25, -0.2) is 0 Å². The van der Waals surface area contributed by atoms with Crippen molar-refractivity contribution in [1.82, 2.24) is 0 Å². The molecule has 11 aromatic carbocycles. The zero-order valence-electron chi connectivity index (χ0n) is 57.1. The molecule has 11 rings (SSSR count). The second kappa shape index (κ2) is 35.2. The number of ether oxygens (including phenoxy) is 4. The molecule has 0 bridgehead atoms. The van der Waals surface area contributed by atoms with Crippen LogP contribution in [0.4, 0.5) is 0 Å². The Hall–Kier alpha value is -8.34. The minimum Gasteiger partial charge on any atom is -0.493 e. The molecule has 4 nitrogen and oxygen atoms in total. The summed E-state index contributed by atoms with van der Waals surface area (Å²) in [5.41, 5.74) is 8.66. The van der Waals surface area contributed by atoms with E-state index in [1.807, 2.05) is 0 Å². The molecule has 94 heavy (non-hydrogen) atoms. The van der Waals surface area contributed by atoms with Gasteiger partial charge in [0.05, 0.1) is 26.4 Å². The van der Waals surface area contributed by atoms with Crippen LogP contribution in [0.5, 0.6) is 23.0 Å². The quantitative estimate of drug-likeness (QED) is 0.0218. The van der Waals surface area contributed by atoms with Crippen LogP contribution in [0.25, 0.3) is 113 Å². The minimum absolute atomic E-state index is 0.665. The highest BCUT2D eigenvalue weighted by Gasteiger charge is 2.16. The van der Waals surface area contributed by atoms with Gasteiger partial charge >= 0.3 is 0 Å². The lowest BCUT2D eigenvalue weighted by atomic mass is 9.92. The molecule has 0 N–H and O–H groups in total. The topological polar surface area (TPSA) is 36.9 Å². The molecule has 0 saturated heterocycles. The third kappa shape index (κ3) is 17.7. The Morgan fingerprint density at radius 2 is 0.479 bits per heavy atom. The monoisotopic (exact) mass is 1250 g/mol. The highest BCUT2D eigenvalue weighted by atomic mass is 16.5. The lowest BCUT2D eigenvalue weighted by Gasteiger charge is -2.16. The molecule has 0 spiro atoms. The molecule has 0 heterocycles. The Morgan fingerprint density at radius 3 is 0.809 bits per heavy atom. The summed E-state index contributed by atoms with van der Waals surface area (Å²) < 4.78 is 27.4. The van der Waals surface area contributed by atoms with Gasteiger partial charge in [-0.05, 0) is 143 Å². The second-order valence-corrected chi connectivity index (χ2v) is 26.3. The first kappa shape index (κ1) is 67.1. The van der Waals surface area contributed by atoms with Crippen LogP contribution in [0.15, 0.2) is 158 Å². The third-order valence-corrected chi connectivity index (χ3v) is 19.1. The summed E-state index contributed by atoms with van der Waals surface area (Å²) >= 11 is 0. The first-order chi connectivity index (χ1) is 46.5. The van der Waals surface area contributed by atoms with Crippen LogP contribution in [0.2, 0.25) is 0 Å². The van der Waals surface area contributed by atoms with Crippen molar-refractivity contribution in [3.05, 3.63) is 202 Å². The molecule has 0 aliphatic carbocycles. The first-order valence-electron chi connectivity index (χ1n) is 36.5. The molecule has 0 saturated carbocycles. The van der Waals surface area contributed by atoms with Gasteiger partial charge in [0.2, 0.25) is 0 Å². The number of hydrogen-bond donors (Lipinski definition) is 0. The fourth-order valence-corrected chi connectivity index (χ4v) is 13.8. The smallest absolute Gasteiger partial charge is 0.127 e. The van der Waals surface area contributed by atoms with E-state index in [2.05, 4.69) is 234 Å². The van der Waals surface area contributed by atoms with Gasteiger partial charge in [0, 0.05) is 22.3 Å². The van der Waals surface area contributed by atoms with E-state index >= 15 is 0 Å². The van der Waals surface area contributed by atoms with Gasteiger partial charge in [0.15, 0.2) is 0 Å². The van der Waals surface area contributed by atoms with E-state index in [4.69, 9.17) is 18.9 Å². The first-order valence-corrected chi connectivity index (χ1v) is 36.5. The van der Waals surface area contributed by atoms with Crippen LogP contribution >= 0.6 is 0 Å². The Bertz CT molecular complexity index is 3990. The van der Waals surface area contributed by atoms with E-state index in [0.29, 0.717) is 26.4 Å². The summed E-state index contributed by atoms with van der Waals surface area (Å²) in [6.07, 6.45) is 46.9. The summed E-state index contributed by atoms with van der Waals surface area (Å²) in [6.45, 7) is 11.8. The summed E-state index contributed by atoms with van der Waals surface area (Å²) in [5, 5.41) is 15.5. The van der Waals surface area contributed by atoms with Gasteiger partial charge in [-0.15, -0.1) is 0 Å². The van der Waals surface area contributed by atoms with E-state index in [1.165, 1.54) is 191 Å². The number of hydrogen-bond acceptors (Lipinski definition) is 4. The zero-order chi connectivity index (χ0) is 64.5. The molecule has 4 heteroatoms. The van der Waals surface area contributed by atoms with Crippen LogP contribution in [0.3, 0.4) is 0 Å². The highest BCUT2D eigenvalue weighted by Crippen LogP contribution is 2.41. The largest absolute Gasteiger partial charge is 0.493 e. The van der Waals surface area contributed by atoms with Gasteiger partial charge in [0.25, 0.3) is 0 Å². The lowest BCUT2D eigenvalue weighted by Crippen LogP contribution is -2.03. The maximum atomic E-state index is 6.85. The SMILES string of the molecule is CCCCCCCCOc1cc(C=Cc2ccc3ccc4cccc5ccc2c3c45)c(OCCCCCCCC)cc1C=Cc1cccc(C=Cc2cc(OCCCCCCCC)c(C=Cc3ccc4ccc5cccc6ccc3c4c56)cc2OCCCCCCCC)c1. The van der Waals surface area contributed by atoms with Gasteiger partial charge in [-0.1, -0.05) is 332 Å². The fraction of sp³-hybridized carbons (Fsp3) is 0.356. The maximum Gasteiger partial charge on any atom is 0.127 e. The lowest BCUT2D eigenvalue weighted by molar-refractivity contribution is 0.295. The third-order valence-electron chi connectivity index (χ3n) is 19.1. The molecule has 0 aliphatic rings. The van der Waals surface area contributed by atoms with Crippen LogP contribution in [0.1, 0.15) is 226 Å². The number of benzene rings is 11. The molecule has 486 valence electrons. The molecule has 0 aliphatic heterocycles. The standard InChI is InChI=1S/C90H102O4/c1-5-9-13-17-21-25-58-91-83-65-79(52-44-69-42-46-75-50-48-71-34-30-36-73-54-56-81(69)89(75)87(71)73)85(93-60-27-23-19-15-11-7-3)63-77(83)40-38-67-32-29-33-68(62-67)39-41-78-64-86(94-61-28-24-20-16-12-8-4)80(66-84(78)92-59-26-22-18-14-10-6-2)53-45-70-43-47-76-51-49-72-35-31-37-74-55-57-82(70)90(76)88(72)74/h29-57,62-66H,5-28,58-61H2,1-4H3. The van der Waals surface area contributed by atoms with Crippen molar-refractivity contribution in [1.29, 1.82) is 0 Å². The zero-order valence-corrected chi connectivity index (χ0v) is 57.1. The Labute approximate surface area is 562 Å². The van der Waals surface area contributed by atoms with E-state index in [1.54, 1.807) is 0 Å². The Balaban J connectivity index is 0.905. The van der Waals surface area contributed by atoms with Crippen LogP contribution in [0, 0.1) is 0 Å². The van der Waals surface area contributed by atoms with Gasteiger partial charge < -0.3 is 18.9 Å². The van der Waals surface area contributed by atoms with Gasteiger partial charge in [-0.3, -0.25) is 0 Å². The molecule has 0 radical (unpaired) electrons. The Kier molecular flexibility index (Phi) is 25.2. The maximum absolute atomic E-state index is 6.85. The molecule has 0 fully saturated rings. The molecule has 0 atom stereocenters. The van der Waals surface area contributed by atoms with Crippen molar-refractivity contribution in [3.63, 3.8) is 0 Å². The second-order valence-electron chi connectivity index (χ2n) is 26.3. The minimum atomic E-state index is 0.665. The van der Waals surface area contributed by atoms with Crippen molar-refractivity contribution in [2.24, 2.45) is 0 Å². The van der Waals surface area contributed by atoms with E-state index in [9.17, 15) is 0 Å². The molecule has 0 aromatic heterocycles. The molecule has 0 amide bonds. The number of rotatable bonds is 40. The average Bonchev–Trinajstić information content (AvgIpc) is 0.752. The molecule has 11 aromatic rings. The highest BCUT2D eigenvalue weighted by molar-refractivity contribution is 6.25. The summed E-state index contributed by atoms with van der Waals surface area (Å²) in [7, 11) is 0. The van der Waals surface area contributed by atoms with E-state index in [-0.39, 0.29) is 0 Å². The summed E-state index contributed by atoms with van der Waals surface area (Å²) in [4.78, 5) is 0. The van der Waals surface area contributed by atoms with E-state index in [0.717, 1.165) is 94.9 Å². The van der Waals surface area contributed by atoms with Gasteiger partial charge in [-0.2, -0.15) is 0 Å². The van der Waals surface area contributed by atoms with Crippen molar-refractivity contribution in [2.75, 3.05) is 26.4 Å². The Morgan fingerprint density at radius 1 is 0.223 bits per heavy atom. The molecular formula is C90H102O4. The van der Waals surface area contributed by atoms with Crippen molar-refractivity contribution in [3.8, 4) is 23.0 Å². The van der Waals surface area contributed by atoms with Crippen LogP contribution < -0.4 is 18.9 Å². The normalized spacial score (nSPS) is 12.2. The van der Waals surface area contributed by atoms with Gasteiger partial charge in [0.1, 0.15) is 23.0 Å². The predicted molar refractivity (Wildman–Crippen MR) is 411 cm³/mol. The van der Waals surface area contributed by atoms with Crippen molar-refractivity contribution < 1.29 is 18.9 Å². The fourth-order valence-electron chi connectivity index (χ4n) is 13.8. The summed E-state index contributed by atoms with van der Waals surface area (Å²) in [6, 6.07) is 58.2.